The van der Waals surface area contributed by atoms with E-state index in [0.717, 1.165) is 28.3 Å². The van der Waals surface area contributed by atoms with Crippen molar-refractivity contribution < 1.29 is 0 Å². The van der Waals surface area contributed by atoms with Crippen molar-refractivity contribution in [3.05, 3.63) is 28.5 Å². The topological polar surface area (TPSA) is 17.8 Å². The van der Waals surface area contributed by atoms with E-state index in [0.29, 0.717) is 5.88 Å². The van der Waals surface area contributed by atoms with E-state index in [1.165, 1.54) is 18.4 Å². The van der Waals surface area contributed by atoms with Crippen molar-refractivity contribution in [1.29, 1.82) is 0 Å². The van der Waals surface area contributed by atoms with Gasteiger partial charge in [0.25, 0.3) is 0 Å². The summed E-state index contributed by atoms with van der Waals surface area (Å²) in [6.07, 6.45) is 2.40. The molecule has 0 aliphatic rings. The van der Waals surface area contributed by atoms with Gasteiger partial charge >= 0.3 is 0 Å². The smallest absolute Gasteiger partial charge is 0.124 e. The molecule has 1 aromatic carbocycles. The van der Waals surface area contributed by atoms with Crippen LogP contribution in [0.4, 0.5) is 0 Å². The van der Waals surface area contributed by atoms with E-state index in [2.05, 4.69) is 51.5 Å². The molecular weight excluding hydrogens is 312 g/mol. The van der Waals surface area contributed by atoms with E-state index in [9.17, 15) is 0 Å². The third kappa shape index (κ3) is 3.07. The summed E-state index contributed by atoms with van der Waals surface area (Å²) in [5, 5.41) is 0. The number of hydrogen-bond acceptors (Lipinski definition) is 1. The number of nitrogens with zero attached hydrogens (tertiary/aromatic N) is 2. The zero-order valence-electron chi connectivity index (χ0n) is 10.8. The van der Waals surface area contributed by atoms with Crippen molar-refractivity contribution in [1.82, 2.24) is 9.55 Å². The molecule has 0 fully saturated rings. The van der Waals surface area contributed by atoms with Crippen molar-refractivity contribution in [2.75, 3.05) is 0 Å². The fourth-order valence-corrected chi connectivity index (χ4v) is 2.72. The van der Waals surface area contributed by atoms with Gasteiger partial charge in [0.1, 0.15) is 5.82 Å². The van der Waals surface area contributed by atoms with Gasteiger partial charge in [0.05, 0.1) is 16.9 Å². The molecule has 0 saturated carbocycles. The molecule has 1 heterocycles. The molecule has 0 amide bonds. The van der Waals surface area contributed by atoms with E-state index in [1.807, 2.05) is 6.07 Å². The Morgan fingerprint density at radius 2 is 2.17 bits per heavy atom. The predicted octanol–water partition coefficient (Wildman–Crippen LogP) is 4.97. The van der Waals surface area contributed by atoms with Crippen molar-refractivity contribution in [2.45, 2.75) is 39.1 Å². The second-order valence-corrected chi connectivity index (χ2v) is 6.17. The van der Waals surface area contributed by atoms with Crippen LogP contribution in [0.25, 0.3) is 11.0 Å². The lowest BCUT2D eigenvalue weighted by atomic mass is 10.1. The Morgan fingerprint density at radius 3 is 2.83 bits per heavy atom. The number of fused-ring (bicyclic) bond motifs is 1. The third-order valence-corrected chi connectivity index (χ3v) is 3.80. The minimum absolute atomic E-state index is 0.466. The normalized spacial score (nSPS) is 11.6. The Kier molecular flexibility index (Phi) is 4.68. The van der Waals surface area contributed by atoms with E-state index < -0.39 is 0 Å². The summed E-state index contributed by atoms with van der Waals surface area (Å²) in [4.78, 5) is 4.59. The average molecular weight is 330 g/mol. The molecule has 0 radical (unpaired) electrons. The maximum Gasteiger partial charge on any atom is 0.124 e. The fraction of sp³-hybridized carbons (Fsp3) is 0.500. The highest BCUT2D eigenvalue weighted by Crippen LogP contribution is 2.22. The quantitative estimate of drug-likeness (QED) is 0.708. The summed E-state index contributed by atoms with van der Waals surface area (Å²) in [5.74, 6) is 2.18. The molecule has 98 valence electrons. The molecule has 0 unspecified atom stereocenters. The molecule has 4 heteroatoms. The molecule has 0 aliphatic carbocycles. The molecule has 0 bridgehead atoms. The van der Waals surface area contributed by atoms with Crippen molar-refractivity contribution in [2.24, 2.45) is 5.92 Å². The van der Waals surface area contributed by atoms with Gasteiger partial charge in [0.15, 0.2) is 0 Å². The molecular formula is C14H18BrClN2. The molecule has 2 rings (SSSR count). The van der Waals surface area contributed by atoms with Crippen molar-refractivity contribution in [3.8, 4) is 0 Å². The standard InChI is InChI=1S/C14H18BrClN2/c1-10(2)4-3-7-18-13-6-5-11(15)8-12(13)17-14(18)9-16/h5-6,8,10H,3-4,7,9H2,1-2H3. The number of benzene rings is 1. The number of alkyl halides is 1. The summed E-state index contributed by atoms with van der Waals surface area (Å²) in [5.41, 5.74) is 2.20. The minimum atomic E-state index is 0.466. The van der Waals surface area contributed by atoms with Crippen LogP contribution in [0.5, 0.6) is 0 Å². The number of rotatable bonds is 5. The van der Waals surface area contributed by atoms with Gasteiger partial charge in [-0.2, -0.15) is 0 Å². The first-order valence-corrected chi connectivity index (χ1v) is 7.65. The lowest BCUT2D eigenvalue weighted by Gasteiger charge is -2.09. The Bertz CT molecular complexity index is 534. The molecule has 0 spiro atoms. The Balaban J connectivity index is 2.29. The highest BCUT2D eigenvalue weighted by molar-refractivity contribution is 9.10. The van der Waals surface area contributed by atoms with Crippen LogP contribution in [0, 0.1) is 5.92 Å². The van der Waals surface area contributed by atoms with Crippen molar-refractivity contribution in [3.63, 3.8) is 0 Å². The van der Waals surface area contributed by atoms with Crippen LogP contribution in [0.1, 0.15) is 32.5 Å². The second kappa shape index (κ2) is 6.07. The maximum atomic E-state index is 5.99. The van der Waals surface area contributed by atoms with Gasteiger partial charge in [-0.15, -0.1) is 11.6 Å². The second-order valence-electron chi connectivity index (χ2n) is 4.98. The van der Waals surface area contributed by atoms with Gasteiger partial charge in [-0.3, -0.25) is 0 Å². The van der Waals surface area contributed by atoms with Crippen LogP contribution in [0.2, 0.25) is 0 Å². The van der Waals surface area contributed by atoms with Gasteiger partial charge in [-0.1, -0.05) is 29.8 Å². The first kappa shape index (κ1) is 13.9. The van der Waals surface area contributed by atoms with Crippen LogP contribution in [-0.4, -0.2) is 9.55 Å². The van der Waals surface area contributed by atoms with Gasteiger partial charge in [0, 0.05) is 11.0 Å². The number of halogens is 2. The average Bonchev–Trinajstić information content (AvgIpc) is 2.66. The van der Waals surface area contributed by atoms with Crippen LogP contribution >= 0.6 is 27.5 Å². The highest BCUT2D eigenvalue weighted by atomic mass is 79.9. The van der Waals surface area contributed by atoms with Crippen LogP contribution in [0.3, 0.4) is 0 Å². The molecule has 18 heavy (non-hydrogen) atoms. The third-order valence-electron chi connectivity index (χ3n) is 3.07. The molecule has 2 aromatic rings. The fourth-order valence-electron chi connectivity index (χ4n) is 2.16. The molecule has 2 nitrogen and oxygen atoms in total. The predicted molar refractivity (Wildman–Crippen MR) is 81.1 cm³/mol. The molecule has 0 N–H and O–H groups in total. The Labute approximate surface area is 121 Å². The summed E-state index contributed by atoms with van der Waals surface area (Å²) < 4.78 is 3.31. The van der Waals surface area contributed by atoms with Gasteiger partial charge in [-0.25, -0.2) is 4.98 Å². The minimum Gasteiger partial charge on any atom is -0.327 e. The number of aryl methyl sites for hydroxylation is 1. The Morgan fingerprint density at radius 1 is 1.39 bits per heavy atom. The summed E-state index contributed by atoms with van der Waals surface area (Å²) in [6, 6.07) is 6.21. The molecule has 0 atom stereocenters. The molecule has 1 aromatic heterocycles. The lowest BCUT2D eigenvalue weighted by molar-refractivity contribution is 0.512. The highest BCUT2D eigenvalue weighted by Gasteiger charge is 2.10. The van der Waals surface area contributed by atoms with E-state index >= 15 is 0 Å². The lowest BCUT2D eigenvalue weighted by Crippen LogP contribution is -2.03. The first-order chi connectivity index (χ1) is 8.61. The molecule has 0 saturated heterocycles. The zero-order valence-corrected chi connectivity index (χ0v) is 13.1. The van der Waals surface area contributed by atoms with Crippen LogP contribution in [0.15, 0.2) is 22.7 Å². The number of hydrogen-bond donors (Lipinski definition) is 0. The summed E-state index contributed by atoms with van der Waals surface area (Å²) in [7, 11) is 0. The maximum absolute atomic E-state index is 5.99. The van der Waals surface area contributed by atoms with Crippen LogP contribution in [-0.2, 0) is 12.4 Å². The summed E-state index contributed by atoms with van der Waals surface area (Å²) in [6.45, 7) is 5.51. The molecule has 0 aliphatic heterocycles. The number of aromatic nitrogens is 2. The zero-order chi connectivity index (χ0) is 13.1. The van der Waals surface area contributed by atoms with E-state index in [1.54, 1.807) is 0 Å². The largest absolute Gasteiger partial charge is 0.327 e. The van der Waals surface area contributed by atoms with Gasteiger partial charge in [-0.05, 0) is 37.0 Å². The van der Waals surface area contributed by atoms with Crippen molar-refractivity contribution >= 4 is 38.6 Å². The van der Waals surface area contributed by atoms with Gasteiger partial charge in [0.2, 0.25) is 0 Å². The van der Waals surface area contributed by atoms with Gasteiger partial charge < -0.3 is 4.57 Å². The monoisotopic (exact) mass is 328 g/mol. The SMILES string of the molecule is CC(C)CCCn1c(CCl)nc2cc(Br)ccc21. The van der Waals surface area contributed by atoms with E-state index in [4.69, 9.17) is 11.6 Å². The van der Waals surface area contributed by atoms with E-state index in [-0.39, 0.29) is 0 Å². The summed E-state index contributed by atoms with van der Waals surface area (Å²) >= 11 is 9.47. The van der Waals surface area contributed by atoms with Crippen LogP contribution < -0.4 is 0 Å². The Hall–Kier alpha value is -0.540. The number of imidazole rings is 1. The first-order valence-electron chi connectivity index (χ1n) is 6.32.